The van der Waals surface area contributed by atoms with Crippen LogP contribution in [0.1, 0.15) is 26.3 Å². The molecule has 28 heavy (non-hydrogen) atoms. The molecule has 0 atom stereocenters. The number of esters is 1. The monoisotopic (exact) mass is 375 g/mol. The summed E-state index contributed by atoms with van der Waals surface area (Å²) in [5.41, 5.74) is 2.54. The predicted molar refractivity (Wildman–Crippen MR) is 104 cm³/mol. The van der Waals surface area contributed by atoms with Crippen molar-refractivity contribution in [2.75, 3.05) is 6.61 Å². The molecule has 0 radical (unpaired) electrons. The van der Waals surface area contributed by atoms with E-state index in [1.165, 1.54) is 25.1 Å². The Morgan fingerprint density at radius 1 is 0.893 bits per heavy atom. The van der Waals surface area contributed by atoms with Gasteiger partial charge < -0.3 is 4.74 Å². The number of benzene rings is 3. The van der Waals surface area contributed by atoms with Crippen molar-refractivity contribution >= 4 is 17.4 Å². The van der Waals surface area contributed by atoms with Crippen molar-refractivity contribution in [1.29, 1.82) is 0 Å². The number of Topliss-reactive ketones (excluding diaryl/α,β-unsaturated/α-hetero) is 1. The van der Waals surface area contributed by atoms with Crippen molar-refractivity contribution in [3.05, 3.63) is 99.6 Å². The summed E-state index contributed by atoms with van der Waals surface area (Å²) in [5.74, 6) is -1.12. The van der Waals surface area contributed by atoms with E-state index in [1.54, 1.807) is 12.1 Å². The van der Waals surface area contributed by atoms with Crippen molar-refractivity contribution in [2.45, 2.75) is 6.92 Å². The van der Waals surface area contributed by atoms with Gasteiger partial charge in [-0.3, -0.25) is 14.9 Å². The smallest absolute Gasteiger partial charge is 0.339 e. The molecular weight excluding hydrogens is 358 g/mol. The van der Waals surface area contributed by atoms with Crippen molar-refractivity contribution in [2.24, 2.45) is 0 Å². The number of ether oxygens (including phenoxy) is 1. The van der Waals surface area contributed by atoms with Gasteiger partial charge in [-0.15, -0.1) is 0 Å². The van der Waals surface area contributed by atoms with Crippen LogP contribution >= 0.6 is 0 Å². The fourth-order valence-electron chi connectivity index (χ4n) is 2.81. The molecule has 6 nitrogen and oxygen atoms in total. The number of ketones is 1. The zero-order valence-electron chi connectivity index (χ0n) is 15.1. The average molecular weight is 375 g/mol. The first-order chi connectivity index (χ1) is 13.5. The second-order valence-corrected chi connectivity index (χ2v) is 6.15. The Labute approximate surface area is 161 Å². The Balaban J connectivity index is 1.67. The molecule has 0 aliphatic carbocycles. The third-order valence-corrected chi connectivity index (χ3v) is 4.37. The van der Waals surface area contributed by atoms with Gasteiger partial charge in [0.15, 0.2) is 12.4 Å². The molecule has 0 heterocycles. The molecule has 0 saturated heterocycles. The molecule has 0 saturated carbocycles. The first kappa shape index (κ1) is 19.0. The Hall–Kier alpha value is -3.80. The van der Waals surface area contributed by atoms with Gasteiger partial charge >= 0.3 is 5.97 Å². The molecule has 0 aromatic heterocycles. The lowest BCUT2D eigenvalue weighted by Gasteiger charge is -2.08. The zero-order chi connectivity index (χ0) is 20.1. The van der Waals surface area contributed by atoms with Gasteiger partial charge in [0.1, 0.15) is 0 Å². The molecule has 3 aromatic carbocycles. The summed E-state index contributed by atoms with van der Waals surface area (Å²) >= 11 is 0. The van der Waals surface area contributed by atoms with Crippen molar-refractivity contribution < 1.29 is 19.2 Å². The maximum Gasteiger partial charge on any atom is 0.339 e. The summed E-state index contributed by atoms with van der Waals surface area (Å²) in [4.78, 5) is 34.9. The summed E-state index contributed by atoms with van der Waals surface area (Å²) in [6.45, 7) is 1.03. The van der Waals surface area contributed by atoms with Gasteiger partial charge in [0.05, 0.1) is 10.5 Å². The molecule has 0 unspecified atom stereocenters. The van der Waals surface area contributed by atoms with E-state index in [0.717, 1.165) is 11.1 Å². The minimum atomic E-state index is -0.768. The Morgan fingerprint density at radius 2 is 1.54 bits per heavy atom. The van der Waals surface area contributed by atoms with Gasteiger partial charge in [-0.2, -0.15) is 0 Å². The van der Waals surface area contributed by atoms with Gasteiger partial charge in [-0.05, 0) is 24.1 Å². The standard InChI is InChI=1S/C22H17NO5/c1-15-19(8-5-9-20(15)23(26)27)22(25)28-14-21(24)18-12-10-17(11-13-18)16-6-3-2-4-7-16/h2-13H,14H2,1H3. The summed E-state index contributed by atoms with van der Waals surface area (Å²) in [5, 5.41) is 11.0. The normalized spacial score (nSPS) is 10.3. The maximum atomic E-state index is 12.3. The number of nitro groups is 1. The molecule has 3 aromatic rings. The van der Waals surface area contributed by atoms with Crippen molar-refractivity contribution in [3.8, 4) is 11.1 Å². The first-order valence-electron chi connectivity index (χ1n) is 8.57. The number of hydrogen-bond acceptors (Lipinski definition) is 5. The molecule has 3 rings (SSSR count). The Kier molecular flexibility index (Phi) is 5.60. The lowest BCUT2D eigenvalue weighted by molar-refractivity contribution is -0.385. The second kappa shape index (κ2) is 8.26. The van der Waals surface area contributed by atoms with Crippen LogP contribution in [0.2, 0.25) is 0 Å². The summed E-state index contributed by atoms with van der Waals surface area (Å²) < 4.78 is 5.06. The van der Waals surface area contributed by atoms with E-state index in [4.69, 9.17) is 4.74 Å². The van der Waals surface area contributed by atoms with Crippen LogP contribution in [0.3, 0.4) is 0 Å². The summed E-state index contributed by atoms with van der Waals surface area (Å²) in [7, 11) is 0. The molecule has 0 spiro atoms. The summed E-state index contributed by atoms with van der Waals surface area (Å²) in [6, 6.07) is 20.9. The van der Waals surface area contributed by atoms with Crippen LogP contribution in [0.4, 0.5) is 5.69 Å². The van der Waals surface area contributed by atoms with Gasteiger partial charge in [0.25, 0.3) is 5.69 Å². The van der Waals surface area contributed by atoms with Gasteiger partial charge in [0.2, 0.25) is 0 Å². The summed E-state index contributed by atoms with van der Waals surface area (Å²) in [6.07, 6.45) is 0. The quantitative estimate of drug-likeness (QED) is 0.272. The predicted octanol–water partition coefficient (Wildman–Crippen LogP) is 4.61. The van der Waals surface area contributed by atoms with Crippen molar-refractivity contribution in [1.82, 2.24) is 0 Å². The van der Waals surface area contributed by atoms with Gasteiger partial charge in [0, 0.05) is 17.2 Å². The van der Waals surface area contributed by atoms with Crippen LogP contribution in [0.15, 0.2) is 72.8 Å². The SMILES string of the molecule is Cc1c(C(=O)OCC(=O)c2ccc(-c3ccccc3)cc2)cccc1[N+](=O)[O-]. The molecule has 0 N–H and O–H groups in total. The lowest BCUT2D eigenvalue weighted by atomic mass is 10.0. The highest BCUT2D eigenvalue weighted by atomic mass is 16.6. The van der Waals surface area contributed by atoms with Crippen LogP contribution in [0.5, 0.6) is 0 Å². The molecule has 6 heteroatoms. The van der Waals surface area contributed by atoms with E-state index in [0.29, 0.717) is 5.56 Å². The zero-order valence-corrected chi connectivity index (χ0v) is 15.1. The highest BCUT2D eigenvalue weighted by Crippen LogP contribution is 2.22. The number of carbonyl (C=O) groups is 2. The number of rotatable bonds is 6. The second-order valence-electron chi connectivity index (χ2n) is 6.15. The lowest BCUT2D eigenvalue weighted by Crippen LogP contribution is -2.15. The highest BCUT2D eigenvalue weighted by Gasteiger charge is 2.20. The van der Waals surface area contributed by atoms with Crippen LogP contribution in [0.25, 0.3) is 11.1 Å². The Morgan fingerprint density at radius 3 is 2.18 bits per heavy atom. The van der Waals surface area contributed by atoms with Crippen LogP contribution < -0.4 is 0 Å². The van der Waals surface area contributed by atoms with Crippen molar-refractivity contribution in [3.63, 3.8) is 0 Å². The van der Waals surface area contributed by atoms with E-state index in [1.807, 2.05) is 42.5 Å². The van der Waals surface area contributed by atoms with E-state index in [-0.39, 0.29) is 22.6 Å². The number of nitro benzene ring substituents is 1. The largest absolute Gasteiger partial charge is 0.454 e. The third kappa shape index (κ3) is 4.12. The number of carbonyl (C=O) groups excluding carboxylic acids is 2. The average Bonchev–Trinajstić information content (AvgIpc) is 2.72. The molecule has 0 aliphatic heterocycles. The molecule has 0 aliphatic rings. The molecule has 140 valence electrons. The molecule has 0 fully saturated rings. The van der Waals surface area contributed by atoms with E-state index in [9.17, 15) is 19.7 Å². The number of hydrogen-bond donors (Lipinski definition) is 0. The molecular formula is C22H17NO5. The maximum absolute atomic E-state index is 12.3. The van der Waals surface area contributed by atoms with Gasteiger partial charge in [-0.25, -0.2) is 4.79 Å². The van der Waals surface area contributed by atoms with E-state index < -0.39 is 17.5 Å². The highest BCUT2D eigenvalue weighted by molar-refractivity contribution is 6.00. The third-order valence-electron chi connectivity index (χ3n) is 4.37. The minimum absolute atomic E-state index is 0.0708. The van der Waals surface area contributed by atoms with Crippen LogP contribution in [-0.2, 0) is 4.74 Å². The molecule has 0 bridgehead atoms. The Bertz CT molecular complexity index is 1030. The van der Waals surface area contributed by atoms with Crippen LogP contribution in [0, 0.1) is 17.0 Å². The first-order valence-corrected chi connectivity index (χ1v) is 8.57. The number of nitrogens with zero attached hydrogens (tertiary/aromatic N) is 1. The fourth-order valence-corrected chi connectivity index (χ4v) is 2.81. The minimum Gasteiger partial charge on any atom is -0.454 e. The fraction of sp³-hybridized carbons (Fsp3) is 0.0909. The topological polar surface area (TPSA) is 86.5 Å². The van der Waals surface area contributed by atoms with Gasteiger partial charge in [-0.1, -0.05) is 60.7 Å². The molecule has 0 amide bonds. The van der Waals surface area contributed by atoms with Crippen LogP contribution in [-0.4, -0.2) is 23.3 Å². The van der Waals surface area contributed by atoms with E-state index >= 15 is 0 Å². The van der Waals surface area contributed by atoms with E-state index in [2.05, 4.69) is 0 Å².